The Bertz CT molecular complexity index is 516. The van der Waals surface area contributed by atoms with Gasteiger partial charge >= 0.3 is 0 Å². The van der Waals surface area contributed by atoms with Gasteiger partial charge in [-0.2, -0.15) is 0 Å². The molecule has 0 aliphatic carbocycles. The van der Waals surface area contributed by atoms with E-state index in [0.717, 1.165) is 5.02 Å². The van der Waals surface area contributed by atoms with Gasteiger partial charge in [0.15, 0.2) is 0 Å². The van der Waals surface area contributed by atoms with Gasteiger partial charge in [0.25, 0.3) is 0 Å². The first kappa shape index (κ1) is 12.6. The van der Waals surface area contributed by atoms with Gasteiger partial charge in [0.1, 0.15) is 0 Å². The highest BCUT2D eigenvalue weighted by molar-refractivity contribution is 7.15. The molecular formula is C14H16ClNS. The molecule has 3 heteroatoms. The minimum atomic E-state index is 0.0431. The van der Waals surface area contributed by atoms with Crippen molar-refractivity contribution in [1.29, 1.82) is 0 Å². The topological polar surface area (TPSA) is 26.0 Å². The third-order valence-electron chi connectivity index (χ3n) is 2.89. The van der Waals surface area contributed by atoms with Crippen molar-refractivity contribution in [3.05, 3.63) is 46.3 Å². The molecule has 0 saturated heterocycles. The normalized spacial score (nSPS) is 11.8. The SMILES string of the molecule is CC(C)(CN)c1ccc(-c2cccc(Cl)c2)s1. The van der Waals surface area contributed by atoms with Crippen molar-refractivity contribution in [3.8, 4) is 10.4 Å². The first-order valence-electron chi connectivity index (χ1n) is 5.59. The van der Waals surface area contributed by atoms with Crippen LogP contribution in [-0.2, 0) is 5.41 Å². The Morgan fingerprint density at radius 1 is 1.24 bits per heavy atom. The molecule has 1 aromatic heterocycles. The molecule has 2 N–H and O–H groups in total. The molecule has 0 amide bonds. The third-order valence-corrected chi connectivity index (χ3v) is 4.63. The van der Waals surface area contributed by atoms with Crippen LogP contribution in [0.4, 0.5) is 0 Å². The summed E-state index contributed by atoms with van der Waals surface area (Å²) < 4.78 is 0. The third kappa shape index (κ3) is 2.71. The monoisotopic (exact) mass is 265 g/mol. The molecule has 2 rings (SSSR count). The molecule has 0 saturated carbocycles. The van der Waals surface area contributed by atoms with Gasteiger partial charge in [0, 0.05) is 26.7 Å². The largest absolute Gasteiger partial charge is 0.330 e. The molecule has 90 valence electrons. The molecule has 0 bridgehead atoms. The van der Waals surface area contributed by atoms with E-state index in [1.807, 2.05) is 18.2 Å². The zero-order valence-corrected chi connectivity index (χ0v) is 11.6. The van der Waals surface area contributed by atoms with E-state index >= 15 is 0 Å². The molecule has 0 aliphatic heterocycles. The number of nitrogens with two attached hydrogens (primary N) is 1. The van der Waals surface area contributed by atoms with Crippen LogP contribution >= 0.6 is 22.9 Å². The second-order valence-electron chi connectivity index (χ2n) is 4.76. The Morgan fingerprint density at radius 3 is 2.65 bits per heavy atom. The predicted octanol–water partition coefficient (Wildman–Crippen LogP) is 4.30. The van der Waals surface area contributed by atoms with Gasteiger partial charge in [-0.05, 0) is 29.8 Å². The van der Waals surface area contributed by atoms with E-state index in [-0.39, 0.29) is 5.41 Å². The van der Waals surface area contributed by atoms with Crippen LogP contribution in [0, 0.1) is 0 Å². The number of benzene rings is 1. The van der Waals surface area contributed by atoms with E-state index < -0.39 is 0 Å². The van der Waals surface area contributed by atoms with Gasteiger partial charge in [-0.3, -0.25) is 0 Å². The Hall–Kier alpha value is -0.830. The Kier molecular flexibility index (Phi) is 3.57. The van der Waals surface area contributed by atoms with E-state index in [9.17, 15) is 0 Å². The van der Waals surface area contributed by atoms with Crippen molar-refractivity contribution in [1.82, 2.24) is 0 Å². The highest BCUT2D eigenvalue weighted by Crippen LogP contribution is 2.35. The van der Waals surface area contributed by atoms with Crippen molar-refractivity contribution in [2.24, 2.45) is 5.73 Å². The van der Waals surface area contributed by atoms with E-state index in [2.05, 4.69) is 32.0 Å². The van der Waals surface area contributed by atoms with Gasteiger partial charge in [-0.25, -0.2) is 0 Å². The number of hydrogen-bond acceptors (Lipinski definition) is 2. The van der Waals surface area contributed by atoms with Gasteiger partial charge in [-0.1, -0.05) is 37.6 Å². The minimum Gasteiger partial charge on any atom is -0.330 e. The fraction of sp³-hybridized carbons (Fsp3) is 0.286. The second-order valence-corrected chi connectivity index (χ2v) is 6.28. The maximum atomic E-state index is 6.00. The van der Waals surface area contributed by atoms with Gasteiger partial charge in [-0.15, -0.1) is 11.3 Å². The summed E-state index contributed by atoms with van der Waals surface area (Å²) in [5.41, 5.74) is 7.01. The van der Waals surface area contributed by atoms with E-state index in [1.54, 1.807) is 11.3 Å². The summed E-state index contributed by atoms with van der Waals surface area (Å²) in [4.78, 5) is 2.55. The molecule has 2 aromatic rings. The van der Waals surface area contributed by atoms with Crippen molar-refractivity contribution in [3.63, 3.8) is 0 Å². The molecule has 1 heterocycles. The van der Waals surface area contributed by atoms with E-state index in [1.165, 1.54) is 15.3 Å². The van der Waals surface area contributed by atoms with Crippen LogP contribution in [0.15, 0.2) is 36.4 Å². The fourth-order valence-corrected chi connectivity index (χ4v) is 2.90. The summed E-state index contributed by atoms with van der Waals surface area (Å²) in [6, 6.07) is 12.2. The molecule has 0 fully saturated rings. The summed E-state index contributed by atoms with van der Waals surface area (Å²) in [7, 11) is 0. The number of thiophene rings is 1. The Morgan fingerprint density at radius 2 is 2.00 bits per heavy atom. The first-order chi connectivity index (χ1) is 8.03. The van der Waals surface area contributed by atoms with Crippen molar-refractivity contribution >= 4 is 22.9 Å². The Labute approximate surface area is 111 Å². The molecule has 0 spiro atoms. The molecule has 0 atom stereocenters. The smallest absolute Gasteiger partial charge is 0.0412 e. The summed E-state index contributed by atoms with van der Waals surface area (Å²) in [6.45, 7) is 4.99. The van der Waals surface area contributed by atoms with Crippen LogP contribution in [0.1, 0.15) is 18.7 Å². The summed E-state index contributed by atoms with van der Waals surface area (Å²) in [5, 5.41) is 0.774. The van der Waals surface area contributed by atoms with Crippen LogP contribution in [-0.4, -0.2) is 6.54 Å². The molecule has 1 aromatic carbocycles. The molecule has 1 nitrogen and oxygen atoms in total. The molecule has 0 unspecified atom stereocenters. The number of halogens is 1. The number of hydrogen-bond donors (Lipinski definition) is 1. The van der Waals surface area contributed by atoms with Gasteiger partial charge < -0.3 is 5.73 Å². The zero-order chi connectivity index (χ0) is 12.5. The second kappa shape index (κ2) is 4.81. The average Bonchev–Trinajstić information content (AvgIpc) is 2.79. The maximum absolute atomic E-state index is 6.00. The standard InChI is InChI=1S/C14H16ClNS/c1-14(2,9-16)13-7-6-12(17-13)10-4-3-5-11(15)8-10/h3-8H,9,16H2,1-2H3. The van der Waals surface area contributed by atoms with Crippen LogP contribution in [0.2, 0.25) is 5.02 Å². The Balaban J connectivity index is 2.36. The summed E-state index contributed by atoms with van der Waals surface area (Å²) >= 11 is 7.79. The lowest BCUT2D eigenvalue weighted by molar-refractivity contribution is 0.550. The fourth-order valence-electron chi connectivity index (χ4n) is 1.60. The van der Waals surface area contributed by atoms with E-state index in [0.29, 0.717) is 6.54 Å². The van der Waals surface area contributed by atoms with Crippen molar-refractivity contribution in [2.75, 3.05) is 6.54 Å². The van der Waals surface area contributed by atoms with E-state index in [4.69, 9.17) is 17.3 Å². The van der Waals surface area contributed by atoms with Crippen LogP contribution in [0.25, 0.3) is 10.4 Å². The van der Waals surface area contributed by atoms with Crippen LogP contribution in [0.5, 0.6) is 0 Å². The predicted molar refractivity (Wildman–Crippen MR) is 76.8 cm³/mol. The lowest BCUT2D eigenvalue weighted by Gasteiger charge is -2.20. The van der Waals surface area contributed by atoms with Crippen molar-refractivity contribution < 1.29 is 0 Å². The lowest BCUT2D eigenvalue weighted by atomic mass is 9.92. The number of rotatable bonds is 3. The molecule has 0 aliphatic rings. The highest BCUT2D eigenvalue weighted by Gasteiger charge is 2.20. The van der Waals surface area contributed by atoms with Gasteiger partial charge in [0.05, 0.1) is 0 Å². The van der Waals surface area contributed by atoms with Gasteiger partial charge in [0.2, 0.25) is 0 Å². The maximum Gasteiger partial charge on any atom is 0.0412 e. The first-order valence-corrected chi connectivity index (χ1v) is 6.79. The van der Waals surface area contributed by atoms with Crippen LogP contribution in [0.3, 0.4) is 0 Å². The summed E-state index contributed by atoms with van der Waals surface area (Å²) in [5.74, 6) is 0. The summed E-state index contributed by atoms with van der Waals surface area (Å²) in [6.07, 6.45) is 0. The molecule has 0 radical (unpaired) electrons. The quantitative estimate of drug-likeness (QED) is 0.880. The minimum absolute atomic E-state index is 0.0431. The molecule has 17 heavy (non-hydrogen) atoms. The lowest BCUT2D eigenvalue weighted by Crippen LogP contribution is -2.26. The average molecular weight is 266 g/mol. The van der Waals surface area contributed by atoms with Crippen molar-refractivity contribution in [2.45, 2.75) is 19.3 Å². The zero-order valence-electron chi connectivity index (χ0n) is 10.0. The molecular weight excluding hydrogens is 250 g/mol. The highest BCUT2D eigenvalue weighted by atomic mass is 35.5. The van der Waals surface area contributed by atoms with Crippen LogP contribution < -0.4 is 5.73 Å².